The molecule has 0 fully saturated rings. The molecule has 0 aliphatic heterocycles. The maximum Gasteiger partial charge on any atom is 0.416 e. The molecule has 1 rings (SSSR count). The molecule has 0 spiro atoms. The lowest BCUT2D eigenvalue weighted by molar-refractivity contribution is -0.137. The van der Waals surface area contributed by atoms with E-state index in [0.29, 0.717) is 0 Å². The van der Waals surface area contributed by atoms with Gasteiger partial charge in [0.05, 0.1) is 16.9 Å². The molecule has 1 aromatic carbocycles. The highest BCUT2D eigenvalue weighted by atomic mass is 19.4. The van der Waals surface area contributed by atoms with Gasteiger partial charge in [0.2, 0.25) is 0 Å². The van der Waals surface area contributed by atoms with E-state index >= 15 is 0 Å². The topological polar surface area (TPSA) is 75.3 Å². The number of nitrogen functional groups attached to an aromatic ring is 1. The Labute approximate surface area is 88.9 Å². The Hall–Kier alpha value is -1.92. The van der Waals surface area contributed by atoms with Crippen LogP contribution < -0.4 is 11.1 Å². The number of alkyl halides is 3. The van der Waals surface area contributed by atoms with E-state index < -0.39 is 24.3 Å². The minimum atomic E-state index is -4.46. The van der Waals surface area contributed by atoms with Crippen LogP contribution in [0, 0.1) is 0 Å². The number of rotatable bonds is 3. The standard InChI is InChI=1S/C9H9F3N2O2/c10-9(11,12)5-1-2-7(6(13)3-5)14-4-8(15)16/h1-3,14H,4,13H2,(H,15,16). The molecule has 4 N–H and O–H groups in total. The summed E-state index contributed by atoms with van der Waals surface area (Å²) in [6.45, 7) is -0.407. The van der Waals surface area contributed by atoms with Gasteiger partial charge in [-0.3, -0.25) is 4.79 Å². The zero-order valence-electron chi connectivity index (χ0n) is 8.01. The second-order valence-electron chi connectivity index (χ2n) is 3.05. The minimum Gasteiger partial charge on any atom is -0.480 e. The first-order chi connectivity index (χ1) is 7.30. The smallest absolute Gasteiger partial charge is 0.416 e. The fraction of sp³-hybridized carbons (Fsp3) is 0.222. The first-order valence-electron chi connectivity index (χ1n) is 4.23. The van der Waals surface area contributed by atoms with Crippen molar-refractivity contribution in [3.05, 3.63) is 23.8 Å². The van der Waals surface area contributed by atoms with E-state index in [1.54, 1.807) is 0 Å². The Kier molecular flexibility index (Phi) is 3.26. The van der Waals surface area contributed by atoms with Crippen LogP contribution in [0.15, 0.2) is 18.2 Å². The molecule has 0 saturated carbocycles. The van der Waals surface area contributed by atoms with Crippen LogP contribution in [0.4, 0.5) is 24.5 Å². The van der Waals surface area contributed by atoms with Crippen molar-refractivity contribution in [3.63, 3.8) is 0 Å². The van der Waals surface area contributed by atoms with Crippen molar-refractivity contribution in [2.75, 3.05) is 17.6 Å². The van der Waals surface area contributed by atoms with Gasteiger partial charge in [0, 0.05) is 0 Å². The second kappa shape index (κ2) is 4.30. The van der Waals surface area contributed by atoms with Crippen LogP contribution in [0.2, 0.25) is 0 Å². The molecule has 0 aliphatic carbocycles. The molecule has 0 aliphatic rings. The largest absolute Gasteiger partial charge is 0.480 e. The Morgan fingerprint density at radius 2 is 2.06 bits per heavy atom. The van der Waals surface area contributed by atoms with Crippen molar-refractivity contribution < 1.29 is 23.1 Å². The summed E-state index contributed by atoms with van der Waals surface area (Å²) in [6, 6.07) is 2.69. The first kappa shape index (κ1) is 12.2. The maximum absolute atomic E-state index is 12.2. The van der Waals surface area contributed by atoms with E-state index in [1.807, 2.05) is 0 Å². The minimum absolute atomic E-state index is 0.143. The highest BCUT2D eigenvalue weighted by Gasteiger charge is 2.30. The van der Waals surface area contributed by atoms with Crippen molar-refractivity contribution >= 4 is 17.3 Å². The number of carbonyl (C=O) groups is 1. The van der Waals surface area contributed by atoms with Crippen molar-refractivity contribution in [3.8, 4) is 0 Å². The number of aliphatic carboxylic acids is 1. The van der Waals surface area contributed by atoms with Gasteiger partial charge in [0.25, 0.3) is 0 Å². The Morgan fingerprint density at radius 1 is 1.44 bits per heavy atom. The van der Waals surface area contributed by atoms with Crippen molar-refractivity contribution in [1.82, 2.24) is 0 Å². The highest BCUT2D eigenvalue weighted by molar-refractivity contribution is 5.76. The molecule has 0 heterocycles. The molecule has 0 unspecified atom stereocenters. The van der Waals surface area contributed by atoms with E-state index in [9.17, 15) is 18.0 Å². The van der Waals surface area contributed by atoms with E-state index in [4.69, 9.17) is 10.8 Å². The fourth-order valence-corrected chi connectivity index (χ4v) is 1.07. The number of anilines is 2. The third-order valence-electron chi connectivity index (χ3n) is 1.81. The number of nitrogens with one attached hydrogen (secondary N) is 1. The van der Waals surface area contributed by atoms with E-state index in [-0.39, 0.29) is 11.4 Å². The van der Waals surface area contributed by atoms with Crippen molar-refractivity contribution in [1.29, 1.82) is 0 Å². The van der Waals surface area contributed by atoms with Crippen LogP contribution in [0.25, 0.3) is 0 Å². The lowest BCUT2D eigenvalue weighted by atomic mass is 10.1. The summed E-state index contributed by atoms with van der Waals surface area (Å²) in [6.07, 6.45) is -4.46. The van der Waals surface area contributed by atoms with Crippen molar-refractivity contribution in [2.45, 2.75) is 6.18 Å². The predicted octanol–water partition coefficient (Wildman–Crippen LogP) is 1.78. The molecule has 0 atom stereocenters. The summed E-state index contributed by atoms with van der Waals surface area (Å²) in [5.74, 6) is -1.13. The quantitative estimate of drug-likeness (QED) is 0.697. The number of nitrogens with two attached hydrogens (primary N) is 1. The Morgan fingerprint density at radius 3 is 2.50 bits per heavy atom. The number of carboxylic acids is 1. The number of hydrogen-bond donors (Lipinski definition) is 3. The van der Waals surface area contributed by atoms with Gasteiger partial charge in [-0.25, -0.2) is 0 Å². The highest BCUT2D eigenvalue weighted by Crippen LogP contribution is 2.32. The van der Waals surface area contributed by atoms with Crippen LogP contribution >= 0.6 is 0 Å². The third-order valence-corrected chi connectivity index (χ3v) is 1.81. The van der Waals surface area contributed by atoms with Gasteiger partial charge < -0.3 is 16.2 Å². The Bertz CT molecular complexity index is 404. The molecular formula is C9H9F3N2O2. The summed E-state index contributed by atoms with van der Waals surface area (Å²) in [4.78, 5) is 10.2. The van der Waals surface area contributed by atoms with Crippen LogP contribution in [0.3, 0.4) is 0 Å². The zero-order valence-corrected chi connectivity index (χ0v) is 8.01. The predicted molar refractivity (Wildman–Crippen MR) is 52.0 cm³/mol. The average Bonchev–Trinajstić information content (AvgIpc) is 2.14. The average molecular weight is 234 g/mol. The number of halogens is 3. The summed E-state index contributed by atoms with van der Waals surface area (Å²) in [7, 11) is 0. The zero-order chi connectivity index (χ0) is 12.3. The van der Waals surface area contributed by atoms with Crippen LogP contribution in [-0.2, 0) is 11.0 Å². The van der Waals surface area contributed by atoms with Gasteiger partial charge in [-0.1, -0.05) is 0 Å². The van der Waals surface area contributed by atoms with Gasteiger partial charge in [0.15, 0.2) is 0 Å². The molecule has 0 amide bonds. The molecule has 0 bridgehead atoms. The summed E-state index contributed by atoms with van der Waals surface area (Å²) >= 11 is 0. The summed E-state index contributed by atoms with van der Waals surface area (Å²) in [5, 5.41) is 10.8. The second-order valence-corrected chi connectivity index (χ2v) is 3.05. The number of hydrogen-bond acceptors (Lipinski definition) is 3. The lowest BCUT2D eigenvalue weighted by Gasteiger charge is -2.11. The van der Waals surface area contributed by atoms with E-state index in [0.717, 1.165) is 18.2 Å². The van der Waals surface area contributed by atoms with Crippen LogP contribution in [0.5, 0.6) is 0 Å². The maximum atomic E-state index is 12.2. The monoisotopic (exact) mass is 234 g/mol. The fourth-order valence-electron chi connectivity index (χ4n) is 1.07. The molecule has 0 radical (unpaired) electrons. The number of carboxylic acid groups (broad SMARTS) is 1. The third kappa shape index (κ3) is 3.04. The molecule has 7 heteroatoms. The summed E-state index contributed by atoms with van der Waals surface area (Å²) in [5.41, 5.74) is 4.50. The van der Waals surface area contributed by atoms with Gasteiger partial charge in [-0.15, -0.1) is 0 Å². The SMILES string of the molecule is Nc1cc(C(F)(F)F)ccc1NCC(=O)O. The number of benzene rings is 1. The summed E-state index contributed by atoms with van der Waals surface area (Å²) < 4.78 is 36.7. The molecule has 0 aromatic heterocycles. The van der Waals surface area contributed by atoms with E-state index in [1.165, 1.54) is 0 Å². The lowest BCUT2D eigenvalue weighted by Crippen LogP contribution is -2.14. The molecule has 4 nitrogen and oxygen atoms in total. The van der Waals surface area contributed by atoms with Crippen molar-refractivity contribution in [2.24, 2.45) is 0 Å². The van der Waals surface area contributed by atoms with Gasteiger partial charge in [-0.2, -0.15) is 13.2 Å². The normalized spacial score (nSPS) is 11.2. The van der Waals surface area contributed by atoms with E-state index in [2.05, 4.69) is 5.32 Å². The van der Waals surface area contributed by atoms with Gasteiger partial charge >= 0.3 is 12.1 Å². The van der Waals surface area contributed by atoms with Crippen LogP contribution in [-0.4, -0.2) is 17.6 Å². The van der Waals surface area contributed by atoms with Crippen LogP contribution in [0.1, 0.15) is 5.56 Å². The molecule has 1 aromatic rings. The molecule has 88 valence electrons. The molecule has 0 saturated heterocycles. The Balaban J connectivity index is 2.88. The van der Waals surface area contributed by atoms with Gasteiger partial charge in [-0.05, 0) is 18.2 Å². The molecular weight excluding hydrogens is 225 g/mol. The van der Waals surface area contributed by atoms with Gasteiger partial charge in [0.1, 0.15) is 6.54 Å². The molecule has 16 heavy (non-hydrogen) atoms. The first-order valence-corrected chi connectivity index (χ1v) is 4.23.